The average molecular weight is 282 g/mol. The summed E-state index contributed by atoms with van der Waals surface area (Å²) in [5.74, 6) is 0.368. The van der Waals surface area contributed by atoms with Crippen molar-refractivity contribution in [3.63, 3.8) is 0 Å². The number of benzene rings is 1. The van der Waals surface area contributed by atoms with Crippen LogP contribution in [0.15, 0.2) is 45.6 Å². The second-order valence-corrected chi connectivity index (χ2v) is 3.89. The molecule has 1 aromatic carbocycles. The minimum atomic E-state index is -0.369. The number of carbonyl (C=O) groups is 1. The quantitative estimate of drug-likeness (QED) is 0.889. The molecule has 2 aromatic rings. The Morgan fingerprint density at radius 2 is 2.19 bits per heavy atom. The van der Waals surface area contributed by atoms with E-state index < -0.39 is 0 Å². The molecule has 0 saturated heterocycles. The van der Waals surface area contributed by atoms with Gasteiger partial charge in [0.1, 0.15) is 6.26 Å². The van der Waals surface area contributed by atoms with E-state index in [1.54, 1.807) is 18.2 Å². The number of hydrogen-bond donors (Lipinski definition) is 2. The van der Waals surface area contributed by atoms with Crippen LogP contribution >= 0.6 is 15.9 Å². The molecule has 0 spiro atoms. The normalized spacial score (nSPS) is 9.81. The van der Waals surface area contributed by atoms with E-state index in [9.17, 15) is 4.79 Å². The van der Waals surface area contributed by atoms with Gasteiger partial charge in [0.2, 0.25) is 0 Å². The summed E-state index contributed by atoms with van der Waals surface area (Å²) in [5.41, 5.74) is 0.690. The van der Waals surface area contributed by atoms with Crippen LogP contribution in [0.4, 0.5) is 16.3 Å². The molecule has 0 aliphatic heterocycles. The molecule has 1 aromatic heterocycles. The molecule has 1 heterocycles. The molecule has 0 aliphatic rings. The van der Waals surface area contributed by atoms with Crippen molar-refractivity contribution in [3.8, 4) is 0 Å². The largest absolute Gasteiger partial charge is 0.363 e. The van der Waals surface area contributed by atoms with Gasteiger partial charge in [-0.15, -0.1) is 0 Å². The van der Waals surface area contributed by atoms with Gasteiger partial charge in [0, 0.05) is 16.2 Å². The van der Waals surface area contributed by atoms with E-state index in [0.29, 0.717) is 11.5 Å². The Hall–Kier alpha value is -1.82. The van der Waals surface area contributed by atoms with E-state index >= 15 is 0 Å². The van der Waals surface area contributed by atoms with Crippen molar-refractivity contribution in [1.82, 2.24) is 5.16 Å². The van der Waals surface area contributed by atoms with Crippen molar-refractivity contribution in [1.29, 1.82) is 0 Å². The third-order valence-electron chi connectivity index (χ3n) is 1.76. The van der Waals surface area contributed by atoms with Crippen LogP contribution in [-0.2, 0) is 0 Å². The molecule has 0 saturated carbocycles. The van der Waals surface area contributed by atoms with Gasteiger partial charge in [-0.05, 0) is 18.2 Å². The number of nitrogens with one attached hydrogen (secondary N) is 2. The van der Waals surface area contributed by atoms with Crippen LogP contribution in [0, 0.1) is 0 Å². The fraction of sp³-hybridized carbons (Fsp3) is 0. The maximum absolute atomic E-state index is 11.5. The summed E-state index contributed by atoms with van der Waals surface area (Å²) in [4.78, 5) is 11.5. The lowest BCUT2D eigenvalue weighted by Gasteiger charge is -2.05. The molecule has 0 atom stereocenters. The fourth-order valence-corrected chi connectivity index (χ4v) is 1.52. The first kappa shape index (κ1) is 10.7. The first-order valence-corrected chi connectivity index (χ1v) is 5.27. The van der Waals surface area contributed by atoms with Gasteiger partial charge in [0.25, 0.3) is 0 Å². The van der Waals surface area contributed by atoms with Crippen LogP contribution in [0.2, 0.25) is 0 Å². The zero-order valence-corrected chi connectivity index (χ0v) is 9.69. The SMILES string of the molecule is O=C(Nc1cccc(Br)c1)Nc1ccon1. The van der Waals surface area contributed by atoms with Crippen LogP contribution in [-0.4, -0.2) is 11.2 Å². The molecule has 0 fully saturated rings. The Labute approximate surface area is 99.9 Å². The smallest absolute Gasteiger partial charge is 0.324 e. The van der Waals surface area contributed by atoms with E-state index in [1.165, 1.54) is 6.26 Å². The number of hydrogen-bond acceptors (Lipinski definition) is 3. The predicted octanol–water partition coefficient (Wildman–Crippen LogP) is 3.08. The number of aromatic nitrogens is 1. The van der Waals surface area contributed by atoms with Crippen LogP contribution in [0.25, 0.3) is 0 Å². The van der Waals surface area contributed by atoms with Crippen molar-refractivity contribution in [3.05, 3.63) is 41.1 Å². The van der Waals surface area contributed by atoms with E-state index in [-0.39, 0.29) is 6.03 Å². The van der Waals surface area contributed by atoms with Crippen molar-refractivity contribution >= 4 is 33.5 Å². The van der Waals surface area contributed by atoms with Gasteiger partial charge in [-0.2, -0.15) is 0 Å². The van der Waals surface area contributed by atoms with Gasteiger partial charge < -0.3 is 9.84 Å². The average Bonchev–Trinajstić information content (AvgIpc) is 2.70. The van der Waals surface area contributed by atoms with Gasteiger partial charge in [0.15, 0.2) is 5.82 Å². The lowest BCUT2D eigenvalue weighted by molar-refractivity contribution is 0.262. The minimum Gasteiger partial charge on any atom is -0.363 e. The Kier molecular flexibility index (Phi) is 3.21. The van der Waals surface area contributed by atoms with E-state index in [4.69, 9.17) is 0 Å². The summed E-state index contributed by atoms with van der Waals surface area (Å²) in [5, 5.41) is 8.74. The fourth-order valence-electron chi connectivity index (χ4n) is 1.12. The number of nitrogens with zero attached hydrogens (tertiary/aromatic N) is 1. The molecule has 5 nitrogen and oxygen atoms in total. The molecule has 0 radical (unpaired) electrons. The zero-order chi connectivity index (χ0) is 11.4. The van der Waals surface area contributed by atoms with Gasteiger partial charge in [0.05, 0.1) is 0 Å². The summed E-state index contributed by atoms with van der Waals surface area (Å²) in [7, 11) is 0. The standard InChI is InChI=1S/C10H8BrN3O2/c11-7-2-1-3-8(6-7)12-10(15)13-9-4-5-16-14-9/h1-6H,(H2,12,13,14,15). The van der Waals surface area contributed by atoms with Gasteiger partial charge in [-0.1, -0.05) is 27.2 Å². The Bertz CT molecular complexity index is 485. The van der Waals surface area contributed by atoms with Crippen molar-refractivity contribution in [2.45, 2.75) is 0 Å². The van der Waals surface area contributed by atoms with Crippen molar-refractivity contribution < 1.29 is 9.32 Å². The van der Waals surface area contributed by atoms with Crippen LogP contribution in [0.3, 0.4) is 0 Å². The number of amides is 2. The predicted molar refractivity (Wildman–Crippen MR) is 63.3 cm³/mol. The third-order valence-corrected chi connectivity index (χ3v) is 2.26. The minimum absolute atomic E-state index is 0.368. The Balaban J connectivity index is 1.97. The van der Waals surface area contributed by atoms with Gasteiger partial charge in [-0.25, -0.2) is 4.79 Å². The Morgan fingerprint density at radius 1 is 1.31 bits per heavy atom. The molecule has 6 heteroatoms. The Morgan fingerprint density at radius 3 is 2.88 bits per heavy atom. The van der Waals surface area contributed by atoms with Gasteiger partial charge >= 0.3 is 6.03 Å². The number of anilines is 2. The monoisotopic (exact) mass is 281 g/mol. The van der Waals surface area contributed by atoms with Crippen LogP contribution in [0.1, 0.15) is 0 Å². The molecule has 0 bridgehead atoms. The van der Waals surface area contributed by atoms with Crippen LogP contribution < -0.4 is 10.6 Å². The zero-order valence-electron chi connectivity index (χ0n) is 8.11. The summed E-state index contributed by atoms with van der Waals surface area (Å²) in [6.45, 7) is 0. The molecular formula is C10H8BrN3O2. The summed E-state index contributed by atoms with van der Waals surface area (Å²) >= 11 is 3.31. The highest BCUT2D eigenvalue weighted by molar-refractivity contribution is 9.10. The van der Waals surface area contributed by atoms with Crippen molar-refractivity contribution in [2.24, 2.45) is 0 Å². The number of carbonyl (C=O) groups excluding carboxylic acids is 1. The van der Waals surface area contributed by atoms with E-state index in [1.807, 2.05) is 12.1 Å². The number of rotatable bonds is 2. The van der Waals surface area contributed by atoms with E-state index in [2.05, 4.69) is 36.2 Å². The molecule has 0 aliphatic carbocycles. The lowest BCUT2D eigenvalue weighted by Crippen LogP contribution is -2.19. The highest BCUT2D eigenvalue weighted by Crippen LogP contribution is 2.15. The van der Waals surface area contributed by atoms with Crippen LogP contribution in [0.5, 0.6) is 0 Å². The number of urea groups is 1. The second-order valence-electron chi connectivity index (χ2n) is 2.97. The highest BCUT2D eigenvalue weighted by Gasteiger charge is 2.04. The molecule has 2 rings (SSSR count). The summed E-state index contributed by atoms with van der Waals surface area (Å²) in [6.07, 6.45) is 1.38. The lowest BCUT2D eigenvalue weighted by atomic mass is 10.3. The topological polar surface area (TPSA) is 67.2 Å². The van der Waals surface area contributed by atoms with Crippen molar-refractivity contribution in [2.75, 3.05) is 10.6 Å². The first-order chi connectivity index (χ1) is 7.74. The summed E-state index contributed by atoms with van der Waals surface area (Å²) in [6, 6.07) is 8.47. The van der Waals surface area contributed by atoms with Gasteiger partial charge in [-0.3, -0.25) is 5.32 Å². The summed E-state index contributed by atoms with van der Waals surface area (Å²) < 4.78 is 5.48. The van der Waals surface area contributed by atoms with E-state index in [0.717, 1.165) is 4.47 Å². The molecule has 16 heavy (non-hydrogen) atoms. The second kappa shape index (κ2) is 4.80. The molecule has 82 valence electrons. The number of halogens is 1. The molecule has 2 N–H and O–H groups in total. The molecule has 2 amide bonds. The maximum Gasteiger partial charge on any atom is 0.324 e. The first-order valence-electron chi connectivity index (χ1n) is 4.48. The molecular weight excluding hydrogens is 274 g/mol. The highest BCUT2D eigenvalue weighted by atomic mass is 79.9. The molecule has 0 unspecified atom stereocenters. The maximum atomic E-state index is 11.5. The third kappa shape index (κ3) is 2.83.